The summed E-state index contributed by atoms with van der Waals surface area (Å²) in [6, 6.07) is 1.96. The average molecular weight is 206 g/mol. The molecule has 0 atom stereocenters. The Balaban J connectivity index is 3.14. The van der Waals surface area contributed by atoms with E-state index in [2.05, 4.69) is 13.2 Å². The molecule has 0 bridgehead atoms. The molecule has 1 nitrogen and oxygen atoms in total. The Morgan fingerprint density at radius 1 is 1.57 bits per heavy atom. The molecule has 0 saturated carbocycles. The van der Waals surface area contributed by atoms with E-state index >= 15 is 0 Å². The maximum Gasteiger partial charge on any atom is 0.116 e. The van der Waals surface area contributed by atoms with Gasteiger partial charge in [-0.25, -0.2) is 0 Å². The first-order chi connectivity index (χ1) is 6.56. The second kappa shape index (κ2) is 4.29. The highest BCUT2D eigenvalue weighted by Crippen LogP contribution is 2.30. The molecule has 1 aromatic rings. The molecule has 0 aliphatic heterocycles. The molecule has 0 amide bonds. The summed E-state index contributed by atoms with van der Waals surface area (Å²) < 4.78 is 0. The lowest BCUT2D eigenvalue weighted by molar-refractivity contribution is 0.513. The van der Waals surface area contributed by atoms with Crippen molar-refractivity contribution in [1.29, 1.82) is 0 Å². The monoisotopic (exact) mass is 206 g/mol. The van der Waals surface area contributed by atoms with Gasteiger partial charge in [-0.15, -0.1) is 11.3 Å². The van der Waals surface area contributed by atoms with E-state index in [4.69, 9.17) is 0 Å². The molecule has 1 aromatic heterocycles. The number of aryl methyl sites for hydroxylation is 1. The summed E-state index contributed by atoms with van der Waals surface area (Å²) in [5.41, 5.74) is 1.99. The molecule has 0 aliphatic carbocycles. The van der Waals surface area contributed by atoms with Gasteiger partial charge in [0, 0.05) is 15.3 Å². The Bertz CT molecular complexity index is 396. The Labute approximate surface area is 88.7 Å². The van der Waals surface area contributed by atoms with E-state index in [1.807, 2.05) is 26.0 Å². The molecule has 0 aliphatic rings. The SMILES string of the molecule is C=C/C=C(\C)c1cc(C(=C)O)c(C)s1. The molecule has 2 heteroatoms. The first kappa shape index (κ1) is 10.8. The zero-order valence-electron chi connectivity index (χ0n) is 8.50. The number of rotatable bonds is 3. The molecule has 0 spiro atoms. The van der Waals surface area contributed by atoms with Crippen molar-refractivity contribution in [2.75, 3.05) is 0 Å². The van der Waals surface area contributed by atoms with Gasteiger partial charge in [0.25, 0.3) is 0 Å². The second-order valence-corrected chi connectivity index (χ2v) is 4.37. The zero-order chi connectivity index (χ0) is 10.7. The molecule has 1 N–H and O–H groups in total. The molecule has 0 aromatic carbocycles. The first-order valence-electron chi connectivity index (χ1n) is 4.34. The van der Waals surface area contributed by atoms with Crippen LogP contribution in [0.2, 0.25) is 0 Å². The minimum absolute atomic E-state index is 0.136. The normalized spacial score (nSPS) is 11.4. The van der Waals surface area contributed by atoms with Crippen LogP contribution in [0, 0.1) is 6.92 Å². The van der Waals surface area contributed by atoms with Crippen LogP contribution in [0.1, 0.15) is 22.2 Å². The van der Waals surface area contributed by atoms with Gasteiger partial charge < -0.3 is 5.11 Å². The summed E-state index contributed by atoms with van der Waals surface area (Å²) in [7, 11) is 0. The first-order valence-corrected chi connectivity index (χ1v) is 5.16. The standard InChI is InChI=1S/C12H14OS/c1-5-6-8(2)12-7-11(9(3)13)10(4)14-12/h5-7,13H,1,3H2,2,4H3/b8-6+. The van der Waals surface area contributed by atoms with Gasteiger partial charge in [0.15, 0.2) is 0 Å². The second-order valence-electron chi connectivity index (χ2n) is 3.11. The van der Waals surface area contributed by atoms with E-state index < -0.39 is 0 Å². The highest BCUT2D eigenvalue weighted by Gasteiger charge is 2.08. The molecule has 0 saturated heterocycles. The van der Waals surface area contributed by atoms with Crippen molar-refractivity contribution in [2.45, 2.75) is 13.8 Å². The third-order valence-corrected chi connectivity index (χ3v) is 3.17. The van der Waals surface area contributed by atoms with Crippen molar-refractivity contribution in [3.63, 3.8) is 0 Å². The topological polar surface area (TPSA) is 20.2 Å². The third-order valence-electron chi connectivity index (χ3n) is 1.99. The molecule has 1 rings (SSSR count). The van der Waals surface area contributed by atoms with E-state index in [0.29, 0.717) is 0 Å². The van der Waals surface area contributed by atoms with Gasteiger partial charge in [-0.3, -0.25) is 0 Å². The highest BCUT2D eigenvalue weighted by molar-refractivity contribution is 7.13. The van der Waals surface area contributed by atoms with Crippen molar-refractivity contribution in [2.24, 2.45) is 0 Å². The smallest absolute Gasteiger partial charge is 0.116 e. The summed E-state index contributed by atoms with van der Waals surface area (Å²) in [4.78, 5) is 2.23. The van der Waals surface area contributed by atoms with Gasteiger partial charge in [-0.2, -0.15) is 0 Å². The Morgan fingerprint density at radius 2 is 2.21 bits per heavy atom. The number of aliphatic hydroxyl groups excluding tert-OH is 1. The van der Waals surface area contributed by atoms with Gasteiger partial charge in [0.1, 0.15) is 5.76 Å². The minimum atomic E-state index is 0.136. The van der Waals surface area contributed by atoms with E-state index in [1.54, 1.807) is 17.4 Å². The van der Waals surface area contributed by atoms with Gasteiger partial charge >= 0.3 is 0 Å². The number of aliphatic hydroxyl groups is 1. The average Bonchev–Trinajstić information content (AvgIpc) is 2.48. The summed E-state index contributed by atoms with van der Waals surface area (Å²) in [5, 5.41) is 9.30. The highest BCUT2D eigenvalue weighted by atomic mass is 32.1. The van der Waals surface area contributed by atoms with E-state index in [-0.39, 0.29) is 5.76 Å². The summed E-state index contributed by atoms with van der Waals surface area (Å²) >= 11 is 1.65. The maximum absolute atomic E-state index is 9.30. The maximum atomic E-state index is 9.30. The van der Waals surface area contributed by atoms with Crippen molar-refractivity contribution < 1.29 is 5.11 Å². The predicted molar refractivity (Wildman–Crippen MR) is 64.6 cm³/mol. The Morgan fingerprint density at radius 3 is 2.64 bits per heavy atom. The fourth-order valence-corrected chi connectivity index (χ4v) is 2.24. The lowest BCUT2D eigenvalue weighted by atomic mass is 10.1. The zero-order valence-corrected chi connectivity index (χ0v) is 9.32. The van der Waals surface area contributed by atoms with Gasteiger partial charge in [-0.05, 0) is 25.5 Å². The van der Waals surface area contributed by atoms with Crippen LogP contribution >= 0.6 is 11.3 Å². The van der Waals surface area contributed by atoms with Crippen molar-refractivity contribution in [1.82, 2.24) is 0 Å². The molecular weight excluding hydrogens is 192 g/mol. The van der Waals surface area contributed by atoms with E-state index in [1.165, 1.54) is 0 Å². The number of thiophene rings is 1. The number of hydrogen-bond acceptors (Lipinski definition) is 2. The lowest BCUT2D eigenvalue weighted by Gasteiger charge is -1.93. The van der Waals surface area contributed by atoms with Gasteiger partial charge in [0.2, 0.25) is 0 Å². The van der Waals surface area contributed by atoms with Crippen LogP contribution in [0.4, 0.5) is 0 Å². The fraction of sp³-hybridized carbons (Fsp3) is 0.167. The molecular formula is C12H14OS. The quantitative estimate of drug-likeness (QED) is 0.581. The molecule has 74 valence electrons. The van der Waals surface area contributed by atoms with Crippen LogP contribution in [0.25, 0.3) is 11.3 Å². The third kappa shape index (κ3) is 2.15. The molecule has 0 radical (unpaired) electrons. The number of allylic oxidation sites excluding steroid dienone is 3. The van der Waals surface area contributed by atoms with Crippen molar-refractivity contribution >= 4 is 22.7 Å². The fourth-order valence-electron chi connectivity index (χ4n) is 1.22. The molecule has 0 unspecified atom stereocenters. The van der Waals surface area contributed by atoms with E-state index in [0.717, 1.165) is 20.9 Å². The van der Waals surface area contributed by atoms with Crippen LogP contribution < -0.4 is 0 Å². The van der Waals surface area contributed by atoms with Crippen LogP contribution in [-0.4, -0.2) is 5.11 Å². The summed E-state index contributed by atoms with van der Waals surface area (Å²) in [6.45, 7) is 11.2. The summed E-state index contributed by atoms with van der Waals surface area (Å²) in [6.07, 6.45) is 3.72. The molecule has 1 heterocycles. The minimum Gasteiger partial charge on any atom is -0.508 e. The predicted octanol–water partition coefficient (Wildman–Crippen LogP) is 4.17. The summed E-state index contributed by atoms with van der Waals surface area (Å²) in [5.74, 6) is 0.136. The van der Waals surface area contributed by atoms with Crippen molar-refractivity contribution in [3.05, 3.63) is 46.7 Å². The van der Waals surface area contributed by atoms with Crippen LogP contribution in [0.15, 0.2) is 31.4 Å². The number of hydrogen-bond donors (Lipinski definition) is 1. The van der Waals surface area contributed by atoms with E-state index in [9.17, 15) is 5.11 Å². The van der Waals surface area contributed by atoms with Crippen molar-refractivity contribution in [3.8, 4) is 0 Å². The Hall–Kier alpha value is -1.28. The Kier molecular flexibility index (Phi) is 3.31. The largest absolute Gasteiger partial charge is 0.508 e. The lowest BCUT2D eigenvalue weighted by Crippen LogP contribution is -1.77. The molecule has 0 fully saturated rings. The van der Waals surface area contributed by atoms with Gasteiger partial charge in [-0.1, -0.05) is 25.3 Å². The molecule has 14 heavy (non-hydrogen) atoms. The van der Waals surface area contributed by atoms with Gasteiger partial charge in [0.05, 0.1) is 0 Å². The van der Waals surface area contributed by atoms with Crippen LogP contribution in [0.3, 0.4) is 0 Å². The van der Waals surface area contributed by atoms with Crippen LogP contribution in [0.5, 0.6) is 0 Å². The van der Waals surface area contributed by atoms with Crippen LogP contribution in [-0.2, 0) is 0 Å².